The van der Waals surface area contributed by atoms with Crippen LogP contribution in [-0.2, 0) is 11.8 Å². The van der Waals surface area contributed by atoms with E-state index in [0.717, 1.165) is 11.0 Å². The number of halogens is 3. The molecule has 2 heterocycles. The number of likely N-dealkylation sites (tertiary alicyclic amines) is 1. The molecule has 0 radical (unpaired) electrons. The highest BCUT2D eigenvalue weighted by molar-refractivity contribution is 5.76. The number of nitrogens with one attached hydrogen (secondary N) is 1. The lowest BCUT2D eigenvalue weighted by Gasteiger charge is -2.39. The van der Waals surface area contributed by atoms with Gasteiger partial charge in [-0.3, -0.25) is 4.57 Å². The Hall–Kier alpha value is -2.45. The second-order valence-electron chi connectivity index (χ2n) is 7.88. The molecule has 148 valence electrons. The van der Waals surface area contributed by atoms with Crippen molar-refractivity contribution in [1.29, 1.82) is 0 Å². The molecule has 0 saturated carbocycles. The summed E-state index contributed by atoms with van der Waals surface area (Å²) in [6.45, 7) is 4.14. The normalized spacial score (nSPS) is 20.1. The van der Waals surface area contributed by atoms with Gasteiger partial charge in [-0.05, 0) is 44.9 Å². The van der Waals surface area contributed by atoms with Gasteiger partial charge in [-0.15, -0.1) is 0 Å². The number of piperidine rings is 1. The van der Waals surface area contributed by atoms with Gasteiger partial charge in [-0.2, -0.15) is 0 Å². The van der Waals surface area contributed by atoms with Crippen LogP contribution in [0.15, 0.2) is 16.9 Å². The van der Waals surface area contributed by atoms with E-state index in [1.165, 1.54) is 17.7 Å². The molecule has 1 amide bonds. The van der Waals surface area contributed by atoms with Gasteiger partial charge < -0.3 is 14.6 Å². The maximum absolute atomic E-state index is 14.8. The molecule has 0 aliphatic carbocycles. The van der Waals surface area contributed by atoms with Crippen molar-refractivity contribution in [3.8, 4) is 0 Å². The summed E-state index contributed by atoms with van der Waals surface area (Å²) < 4.78 is 50.5. The van der Waals surface area contributed by atoms with E-state index in [2.05, 4.69) is 4.98 Å². The maximum atomic E-state index is 14.8. The van der Waals surface area contributed by atoms with Gasteiger partial charge in [0.2, 0.25) is 0 Å². The zero-order valence-electron chi connectivity index (χ0n) is 15.6. The summed E-state index contributed by atoms with van der Waals surface area (Å²) in [6.07, 6.45) is -0.933. The van der Waals surface area contributed by atoms with E-state index in [0.29, 0.717) is 5.52 Å². The highest BCUT2D eigenvalue weighted by Crippen LogP contribution is 2.42. The Kier molecular flexibility index (Phi) is 4.52. The first-order valence-electron chi connectivity index (χ1n) is 8.63. The Labute approximate surface area is 153 Å². The van der Waals surface area contributed by atoms with E-state index >= 15 is 0 Å². The van der Waals surface area contributed by atoms with Crippen molar-refractivity contribution in [1.82, 2.24) is 14.5 Å². The van der Waals surface area contributed by atoms with Crippen LogP contribution in [0.1, 0.15) is 38.7 Å². The molecule has 1 N–H and O–H groups in total. The smallest absolute Gasteiger partial charge is 0.410 e. The Morgan fingerprint density at radius 3 is 2.59 bits per heavy atom. The number of rotatable bonds is 1. The van der Waals surface area contributed by atoms with Crippen molar-refractivity contribution in [2.75, 3.05) is 13.1 Å². The molecule has 0 bridgehead atoms. The molecule has 1 aliphatic heterocycles. The number of imidazole rings is 1. The van der Waals surface area contributed by atoms with Crippen LogP contribution in [0.3, 0.4) is 0 Å². The molecule has 1 fully saturated rings. The third-order valence-electron chi connectivity index (χ3n) is 4.65. The van der Waals surface area contributed by atoms with E-state index in [1.54, 1.807) is 20.8 Å². The minimum Gasteiger partial charge on any atom is -0.444 e. The number of aromatic nitrogens is 2. The maximum Gasteiger partial charge on any atom is 0.410 e. The monoisotopic (exact) mass is 385 g/mol. The van der Waals surface area contributed by atoms with E-state index in [4.69, 9.17) is 4.74 Å². The standard InChI is InChI=1S/C18H22F3N3O3/c1-17(2,3)27-16(26)24-6-5-11(18(20,21)9-24)10-7-14-13(8-12(10)19)22-15(25)23(14)4/h7-8,11H,5-6,9H2,1-4H3,(H,22,25). The number of alkyl halides is 2. The number of fused-ring (bicyclic) bond motifs is 1. The van der Waals surface area contributed by atoms with Gasteiger partial charge >= 0.3 is 11.8 Å². The molecular weight excluding hydrogens is 363 g/mol. The Morgan fingerprint density at radius 2 is 2.00 bits per heavy atom. The summed E-state index contributed by atoms with van der Waals surface area (Å²) in [6, 6.07) is 2.34. The first-order chi connectivity index (χ1) is 12.4. The fraction of sp³-hybridized carbons (Fsp3) is 0.556. The van der Waals surface area contributed by atoms with Crippen molar-refractivity contribution in [2.45, 2.75) is 44.6 Å². The molecule has 1 atom stereocenters. The molecular formula is C18H22F3N3O3. The van der Waals surface area contributed by atoms with Gasteiger partial charge in [0.1, 0.15) is 11.4 Å². The van der Waals surface area contributed by atoms with Crippen LogP contribution in [0.2, 0.25) is 0 Å². The molecule has 1 aromatic heterocycles. The predicted molar refractivity (Wildman–Crippen MR) is 93.6 cm³/mol. The third kappa shape index (κ3) is 3.68. The van der Waals surface area contributed by atoms with Crippen molar-refractivity contribution >= 4 is 17.1 Å². The van der Waals surface area contributed by atoms with E-state index in [1.807, 2.05) is 0 Å². The molecule has 1 unspecified atom stereocenters. The number of H-pyrrole nitrogens is 1. The molecule has 1 aromatic carbocycles. The summed E-state index contributed by atoms with van der Waals surface area (Å²) in [5.74, 6) is -5.54. The van der Waals surface area contributed by atoms with Crippen molar-refractivity contribution in [3.05, 3.63) is 34.0 Å². The summed E-state index contributed by atoms with van der Waals surface area (Å²) in [5, 5.41) is 0. The van der Waals surface area contributed by atoms with Crippen LogP contribution in [0, 0.1) is 5.82 Å². The SMILES string of the molecule is Cn1c(=O)[nH]c2cc(F)c(C3CCN(C(=O)OC(C)(C)C)CC3(F)F)cc21. The lowest BCUT2D eigenvalue weighted by atomic mass is 9.85. The average Bonchev–Trinajstić information content (AvgIpc) is 2.78. The highest BCUT2D eigenvalue weighted by Gasteiger charge is 2.48. The molecule has 9 heteroatoms. The quantitative estimate of drug-likeness (QED) is 0.819. The van der Waals surface area contributed by atoms with Gasteiger partial charge in [0.15, 0.2) is 0 Å². The number of amides is 1. The number of ether oxygens (including phenoxy) is 1. The number of nitrogens with zero attached hydrogens (tertiary/aromatic N) is 2. The number of benzene rings is 1. The first-order valence-corrected chi connectivity index (χ1v) is 8.63. The summed E-state index contributed by atoms with van der Waals surface area (Å²) in [5.41, 5.74) is -0.807. The minimum atomic E-state index is -3.33. The van der Waals surface area contributed by atoms with Crippen LogP contribution in [0.4, 0.5) is 18.0 Å². The Morgan fingerprint density at radius 1 is 1.33 bits per heavy atom. The van der Waals surface area contributed by atoms with Crippen molar-refractivity contribution in [3.63, 3.8) is 0 Å². The van der Waals surface area contributed by atoms with Gasteiger partial charge in [-0.25, -0.2) is 22.8 Å². The van der Waals surface area contributed by atoms with Crippen LogP contribution in [0.5, 0.6) is 0 Å². The number of aromatic amines is 1. The fourth-order valence-electron chi connectivity index (χ4n) is 3.34. The summed E-state index contributed by atoms with van der Waals surface area (Å²) in [7, 11) is 1.48. The highest BCUT2D eigenvalue weighted by atomic mass is 19.3. The number of hydrogen-bond acceptors (Lipinski definition) is 3. The van der Waals surface area contributed by atoms with Gasteiger partial charge in [0.25, 0.3) is 5.92 Å². The minimum absolute atomic E-state index is 0.0265. The molecule has 0 spiro atoms. The second-order valence-corrected chi connectivity index (χ2v) is 7.88. The van der Waals surface area contributed by atoms with Crippen LogP contribution >= 0.6 is 0 Å². The molecule has 6 nitrogen and oxygen atoms in total. The molecule has 2 aromatic rings. The van der Waals surface area contributed by atoms with Gasteiger partial charge in [0, 0.05) is 13.6 Å². The van der Waals surface area contributed by atoms with Crippen LogP contribution in [-0.4, -0.2) is 45.2 Å². The van der Waals surface area contributed by atoms with Crippen LogP contribution in [0.25, 0.3) is 11.0 Å². The molecule has 1 saturated heterocycles. The van der Waals surface area contributed by atoms with Crippen molar-refractivity contribution in [2.24, 2.45) is 7.05 Å². The van der Waals surface area contributed by atoms with E-state index < -0.39 is 41.6 Å². The zero-order valence-corrected chi connectivity index (χ0v) is 15.6. The Bertz CT molecular complexity index is 943. The second kappa shape index (κ2) is 6.31. The third-order valence-corrected chi connectivity index (χ3v) is 4.65. The van der Waals surface area contributed by atoms with Gasteiger partial charge in [0.05, 0.1) is 23.5 Å². The summed E-state index contributed by atoms with van der Waals surface area (Å²) in [4.78, 5) is 27.2. The van der Waals surface area contributed by atoms with E-state index in [-0.39, 0.29) is 24.0 Å². The fourth-order valence-corrected chi connectivity index (χ4v) is 3.34. The Balaban J connectivity index is 1.90. The summed E-state index contributed by atoms with van der Waals surface area (Å²) >= 11 is 0. The van der Waals surface area contributed by atoms with Crippen molar-refractivity contribution < 1.29 is 22.7 Å². The largest absolute Gasteiger partial charge is 0.444 e. The number of hydrogen-bond donors (Lipinski definition) is 1. The average molecular weight is 385 g/mol. The van der Waals surface area contributed by atoms with E-state index in [9.17, 15) is 22.8 Å². The molecule has 3 rings (SSSR count). The first kappa shape index (κ1) is 19.3. The molecule has 27 heavy (non-hydrogen) atoms. The zero-order chi connectivity index (χ0) is 20.1. The molecule has 1 aliphatic rings. The number of aryl methyl sites for hydroxylation is 1. The number of carbonyl (C=O) groups is 1. The topological polar surface area (TPSA) is 67.3 Å². The van der Waals surface area contributed by atoms with Gasteiger partial charge in [-0.1, -0.05) is 0 Å². The lowest BCUT2D eigenvalue weighted by molar-refractivity contribution is -0.0855. The van der Waals surface area contributed by atoms with Crippen LogP contribution < -0.4 is 5.69 Å². The number of carbonyl (C=O) groups excluding carboxylic acids is 1. The predicted octanol–water partition coefficient (Wildman–Crippen LogP) is 3.37. The lowest BCUT2D eigenvalue weighted by Crippen LogP contribution is -2.51.